The summed E-state index contributed by atoms with van der Waals surface area (Å²) in [7, 11) is 1.63. The first kappa shape index (κ1) is 22.9. The van der Waals surface area contributed by atoms with E-state index in [0.29, 0.717) is 35.3 Å². The maximum atomic E-state index is 13.6. The maximum absolute atomic E-state index is 13.6. The first-order valence-corrected chi connectivity index (χ1v) is 11.8. The van der Waals surface area contributed by atoms with Crippen molar-refractivity contribution in [2.45, 2.75) is 33.3 Å². The van der Waals surface area contributed by atoms with Gasteiger partial charge in [0.25, 0.3) is 5.56 Å². The number of rotatable bonds is 9. The highest BCUT2D eigenvalue weighted by molar-refractivity contribution is 7.20. The second-order valence-corrected chi connectivity index (χ2v) is 8.94. The Morgan fingerprint density at radius 3 is 2.64 bits per heavy atom. The molecule has 2 heterocycles. The third-order valence-corrected chi connectivity index (χ3v) is 6.23. The fraction of sp³-hybridized carbons (Fsp3) is 0.320. The predicted molar refractivity (Wildman–Crippen MR) is 134 cm³/mol. The zero-order valence-electron chi connectivity index (χ0n) is 19.3. The predicted octanol–water partition coefficient (Wildman–Crippen LogP) is 5.08. The SMILES string of the molecule is COc1ccc(-c2[nH]n(-c3nc4ccccc4s3)c(=O)c2C(C)=NCCCOC(C)C)cc1. The number of hydrogen-bond donors (Lipinski definition) is 1. The summed E-state index contributed by atoms with van der Waals surface area (Å²) in [5, 5.41) is 3.88. The van der Waals surface area contributed by atoms with E-state index in [2.05, 4.69) is 15.1 Å². The topological polar surface area (TPSA) is 81.5 Å². The van der Waals surface area contributed by atoms with Crippen molar-refractivity contribution in [3.63, 3.8) is 0 Å². The highest BCUT2D eigenvalue weighted by Crippen LogP contribution is 2.27. The van der Waals surface area contributed by atoms with Crippen LogP contribution in [0.5, 0.6) is 5.75 Å². The Balaban J connectivity index is 1.74. The van der Waals surface area contributed by atoms with Gasteiger partial charge in [0.2, 0.25) is 5.13 Å². The Morgan fingerprint density at radius 2 is 1.94 bits per heavy atom. The fourth-order valence-electron chi connectivity index (χ4n) is 3.54. The summed E-state index contributed by atoms with van der Waals surface area (Å²) < 4.78 is 13.4. The number of ether oxygens (including phenoxy) is 2. The number of thiazole rings is 1. The number of para-hydroxylation sites is 1. The van der Waals surface area contributed by atoms with E-state index in [-0.39, 0.29) is 11.7 Å². The molecule has 2 aromatic carbocycles. The molecule has 0 unspecified atom stereocenters. The summed E-state index contributed by atoms with van der Waals surface area (Å²) in [4.78, 5) is 22.9. The van der Waals surface area contributed by atoms with Crippen LogP contribution in [0.1, 0.15) is 32.8 Å². The Kier molecular flexibility index (Phi) is 7.05. The average Bonchev–Trinajstić information content (AvgIpc) is 3.39. The summed E-state index contributed by atoms with van der Waals surface area (Å²) in [5.41, 5.74) is 3.51. The molecule has 1 N–H and O–H groups in total. The molecule has 4 rings (SSSR count). The van der Waals surface area contributed by atoms with E-state index in [1.54, 1.807) is 7.11 Å². The van der Waals surface area contributed by atoms with Gasteiger partial charge in [-0.2, -0.15) is 4.68 Å². The van der Waals surface area contributed by atoms with Gasteiger partial charge in [0.05, 0.1) is 34.7 Å². The molecule has 0 aliphatic carbocycles. The highest BCUT2D eigenvalue weighted by Gasteiger charge is 2.21. The van der Waals surface area contributed by atoms with Crippen LogP contribution >= 0.6 is 11.3 Å². The lowest BCUT2D eigenvalue weighted by Gasteiger charge is -2.06. The van der Waals surface area contributed by atoms with Crippen molar-refractivity contribution >= 4 is 27.3 Å². The molecule has 0 amide bonds. The van der Waals surface area contributed by atoms with Crippen LogP contribution in [0, 0.1) is 0 Å². The molecule has 2 aromatic heterocycles. The third-order valence-electron chi connectivity index (χ3n) is 5.21. The van der Waals surface area contributed by atoms with Crippen LogP contribution in [0.15, 0.2) is 58.3 Å². The molecule has 0 saturated carbocycles. The minimum absolute atomic E-state index is 0.167. The number of benzene rings is 2. The van der Waals surface area contributed by atoms with Crippen LogP contribution in [0.25, 0.3) is 26.6 Å². The standard InChI is InChI=1S/C25H28N4O3S/c1-16(2)32-15-7-14-26-17(3)22-23(18-10-12-19(31-4)13-11-18)28-29(24(22)30)25-27-20-8-5-6-9-21(20)33-25/h5-6,8-13,16,28H,7,14-15H2,1-4H3. The van der Waals surface area contributed by atoms with Gasteiger partial charge in [0, 0.05) is 24.4 Å². The van der Waals surface area contributed by atoms with Crippen molar-refractivity contribution in [1.82, 2.24) is 14.8 Å². The molecule has 0 saturated heterocycles. The molecule has 33 heavy (non-hydrogen) atoms. The number of nitrogens with zero attached hydrogens (tertiary/aromatic N) is 3. The van der Waals surface area contributed by atoms with Gasteiger partial charge in [-0.3, -0.25) is 14.9 Å². The van der Waals surface area contributed by atoms with Gasteiger partial charge in [-0.25, -0.2) is 4.98 Å². The molecular weight excluding hydrogens is 436 g/mol. The zero-order valence-corrected chi connectivity index (χ0v) is 20.1. The normalized spacial score (nSPS) is 12.1. The molecular formula is C25H28N4O3S. The van der Waals surface area contributed by atoms with Crippen molar-refractivity contribution < 1.29 is 9.47 Å². The second-order valence-electron chi connectivity index (χ2n) is 7.94. The molecule has 172 valence electrons. The lowest BCUT2D eigenvalue weighted by Crippen LogP contribution is -2.19. The molecule has 7 nitrogen and oxygen atoms in total. The Hall–Kier alpha value is -3.23. The highest BCUT2D eigenvalue weighted by atomic mass is 32.1. The van der Waals surface area contributed by atoms with Crippen LogP contribution in [0.4, 0.5) is 0 Å². The second kappa shape index (κ2) is 10.1. The average molecular weight is 465 g/mol. The Morgan fingerprint density at radius 1 is 1.18 bits per heavy atom. The molecule has 0 bridgehead atoms. The van der Waals surface area contributed by atoms with E-state index in [9.17, 15) is 4.79 Å². The van der Waals surface area contributed by atoms with Gasteiger partial charge >= 0.3 is 0 Å². The monoisotopic (exact) mass is 464 g/mol. The molecule has 8 heteroatoms. The molecule has 0 atom stereocenters. The van der Waals surface area contributed by atoms with Gasteiger partial charge in [0.15, 0.2) is 0 Å². The lowest BCUT2D eigenvalue weighted by molar-refractivity contribution is 0.0783. The Labute approximate surface area is 196 Å². The van der Waals surface area contributed by atoms with E-state index in [1.165, 1.54) is 16.0 Å². The van der Waals surface area contributed by atoms with Crippen molar-refractivity contribution in [1.29, 1.82) is 0 Å². The number of nitrogens with one attached hydrogen (secondary N) is 1. The summed E-state index contributed by atoms with van der Waals surface area (Å²) in [5.74, 6) is 0.754. The number of fused-ring (bicyclic) bond motifs is 1. The van der Waals surface area contributed by atoms with E-state index in [0.717, 1.165) is 28.0 Å². The van der Waals surface area contributed by atoms with Crippen LogP contribution in [-0.2, 0) is 4.74 Å². The van der Waals surface area contributed by atoms with Crippen molar-refractivity contribution in [2.75, 3.05) is 20.3 Å². The largest absolute Gasteiger partial charge is 0.497 e. The van der Waals surface area contributed by atoms with Crippen LogP contribution in [0.3, 0.4) is 0 Å². The summed E-state index contributed by atoms with van der Waals surface area (Å²) >= 11 is 1.47. The van der Waals surface area contributed by atoms with Crippen molar-refractivity contribution in [3.05, 3.63) is 64.4 Å². The van der Waals surface area contributed by atoms with Gasteiger partial charge in [0.1, 0.15) is 5.75 Å². The van der Waals surface area contributed by atoms with E-state index >= 15 is 0 Å². The van der Waals surface area contributed by atoms with Crippen LogP contribution < -0.4 is 10.3 Å². The van der Waals surface area contributed by atoms with Crippen LogP contribution in [-0.4, -0.2) is 46.8 Å². The first-order valence-electron chi connectivity index (χ1n) is 11.0. The van der Waals surface area contributed by atoms with E-state index in [1.807, 2.05) is 69.3 Å². The number of H-pyrrole nitrogens is 1. The summed E-state index contributed by atoms with van der Waals surface area (Å²) in [6.07, 6.45) is 0.992. The van der Waals surface area contributed by atoms with Crippen molar-refractivity contribution in [3.8, 4) is 22.1 Å². The maximum Gasteiger partial charge on any atom is 0.283 e. The van der Waals surface area contributed by atoms with Crippen LogP contribution in [0.2, 0.25) is 0 Å². The third kappa shape index (κ3) is 5.07. The first-order chi connectivity index (χ1) is 16.0. The molecule has 0 aliphatic rings. The number of aromatic amines is 1. The van der Waals surface area contributed by atoms with Gasteiger partial charge in [-0.1, -0.05) is 23.5 Å². The minimum atomic E-state index is -0.167. The smallest absolute Gasteiger partial charge is 0.283 e. The number of aliphatic imine (C=N–C) groups is 1. The van der Waals surface area contributed by atoms with Crippen molar-refractivity contribution in [2.24, 2.45) is 4.99 Å². The number of methoxy groups -OCH3 is 1. The quantitative estimate of drug-likeness (QED) is 0.277. The van der Waals surface area contributed by atoms with E-state index < -0.39 is 0 Å². The minimum Gasteiger partial charge on any atom is -0.497 e. The Bertz CT molecular complexity index is 1280. The molecule has 4 aromatic rings. The van der Waals surface area contributed by atoms with Gasteiger partial charge in [-0.15, -0.1) is 0 Å². The molecule has 0 aliphatic heterocycles. The summed E-state index contributed by atoms with van der Waals surface area (Å²) in [6.45, 7) is 7.14. The van der Waals surface area contributed by atoms with Gasteiger partial charge in [-0.05, 0) is 63.6 Å². The summed E-state index contributed by atoms with van der Waals surface area (Å²) in [6, 6.07) is 15.5. The molecule has 0 spiro atoms. The van der Waals surface area contributed by atoms with Gasteiger partial charge < -0.3 is 9.47 Å². The molecule has 0 fully saturated rings. The fourth-order valence-corrected chi connectivity index (χ4v) is 4.46. The molecule has 0 radical (unpaired) electrons. The number of aromatic nitrogens is 3. The lowest BCUT2D eigenvalue weighted by atomic mass is 10.1. The van der Waals surface area contributed by atoms with E-state index in [4.69, 9.17) is 9.47 Å². The number of hydrogen-bond acceptors (Lipinski definition) is 6. The zero-order chi connectivity index (χ0) is 23.4.